The molecule has 2 aromatic carbocycles. The van der Waals surface area contributed by atoms with E-state index in [4.69, 9.17) is 9.47 Å². The minimum atomic E-state index is -2.90. The number of hydrogen-bond acceptors (Lipinski definition) is 4. The summed E-state index contributed by atoms with van der Waals surface area (Å²) < 4.78 is 40.2. The predicted octanol–water partition coefficient (Wildman–Crippen LogP) is 3.56. The van der Waals surface area contributed by atoms with Crippen molar-refractivity contribution in [3.05, 3.63) is 53.6 Å². The zero-order valence-corrected chi connectivity index (χ0v) is 16.2. The fourth-order valence-corrected chi connectivity index (χ4v) is 2.56. The second kappa shape index (κ2) is 11.0. The maximum atomic E-state index is 12.5. The Labute approximate surface area is 163 Å². The van der Waals surface area contributed by atoms with Crippen molar-refractivity contribution < 1.29 is 23.0 Å². The SMILES string of the molecule is CCOc1cc(CNC(=NC)NCc2ccccc2OC)ccc1OC(F)F. The third kappa shape index (κ3) is 6.29. The van der Waals surface area contributed by atoms with Crippen LogP contribution in [0, 0.1) is 0 Å². The molecule has 0 radical (unpaired) electrons. The van der Waals surface area contributed by atoms with Crippen LogP contribution in [-0.2, 0) is 13.1 Å². The van der Waals surface area contributed by atoms with Gasteiger partial charge in [-0.05, 0) is 30.7 Å². The van der Waals surface area contributed by atoms with Gasteiger partial charge in [-0.3, -0.25) is 4.99 Å². The number of rotatable bonds is 9. The van der Waals surface area contributed by atoms with Crippen LogP contribution in [0.2, 0.25) is 0 Å². The predicted molar refractivity (Wildman–Crippen MR) is 104 cm³/mol. The zero-order valence-electron chi connectivity index (χ0n) is 16.2. The zero-order chi connectivity index (χ0) is 20.4. The fourth-order valence-electron chi connectivity index (χ4n) is 2.56. The van der Waals surface area contributed by atoms with Crippen LogP contribution in [0.4, 0.5) is 8.78 Å². The van der Waals surface area contributed by atoms with E-state index in [-0.39, 0.29) is 11.5 Å². The second-order valence-electron chi connectivity index (χ2n) is 5.68. The average Bonchev–Trinajstić information content (AvgIpc) is 2.70. The fraction of sp³-hybridized carbons (Fsp3) is 0.350. The third-order valence-corrected chi connectivity index (χ3v) is 3.85. The van der Waals surface area contributed by atoms with Crippen molar-refractivity contribution >= 4 is 5.96 Å². The molecule has 0 aliphatic rings. The van der Waals surface area contributed by atoms with E-state index in [2.05, 4.69) is 20.4 Å². The molecule has 0 aliphatic heterocycles. The van der Waals surface area contributed by atoms with E-state index in [1.54, 1.807) is 33.2 Å². The van der Waals surface area contributed by atoms with E-state index in [1.807, 2.05) is 24.3 Å². The average molecular weight is 393 g/mol. The Hall–Kier alpha value is -3.03. The van der Waals surface area contributed by atoms with Gasteiger partial charge >= 0.3 is 6.61 Å². The summed E-state index contributed by atoms with van der Waals surface area (Å²) >= 11 is 0. The van der Waals surface area contributed by atoms with Crippen LogP contribution >= 0.6 is 0 Å². The van der Waals surface area contributed by atoms with Gasteiger partial charge in [0.05, 0.1) is 13.7 Å². The minimum Gasteiger partial charge on any atom is -0.496 e. The molecule has 8 heteroatoms. The number of alkyl halides is 2. The van der Waals surface area contributed by atoms with Crippen molar-refractivity contribution in [3.63, 3.8) is 0 Å². The highest BCUT2D eigenvalue weighted by atomic mass is 19.3. The number of halogens is 2. The van der Waals surface area contributed by atoms with Crippen LogP contribution in [0.1, 0.15) is 18.1 Å². The first-order chi connectivity index (χ1) is 13.6. The molecule has 6 nitrogen and oxygen atoms in total. The van der Waals surface area contributed by atoms with Crippen LogP contribution in [0.15, 0.2) is 47.5 Å². The molecule has 152 valence electrons. The number of benzene rings is 2. The van der Waals surface area contributed by atoms with Crippen LogP contribution in [-0.4, -0.2) is 33.3 Å². The third-order valence-electron chi connectivity index (χ3n) is 3.85. The summed E-state index contributed by atoms with van der Waals surface area (Å²) in [5.74, 6) is 1.68. The van der Waals surface area contributed by atoms with Crippen molar-refractivity contribution in [1.82, 2.24) is 10.6 Å². The Morgan fingerprint density at radius 1 is 1.04 bits per heavy atom. The quantitative estimate of drug-likeness (QED) is 0.504. The van der Waals surface area contributed by atoms with Crippen LogP contribution in [0.5, 0.6) is 17.2 Å². The number of ether oxygens (including phenoxy) is 3. The van der Waals surface area contributed by atoms with Gasteiger partial charge in [0.15, 0.2) is 17.5 Å². The smallest absolute Gasteiger partial charge is 0.387 e. The van der Waals surface area contributed by atoms with E-state index in [0.717, 1.165) is 16.9 Å². The van der Waals surface area contributed by atoms with Crippen LogP contribution in [0.3, 0.4) is 0 Å². The van der Waals surface area contributed by atoms with E-state index < -0.39 is 6.61 Å². The number of para-hydroxylation sites is 1. The maximum Gasteiger partial charge on any atom is 0.387 e. The summed E-state index contributed by atoms with van der Waals surface area (Å²) in [6.45, 7) is 0.191. The molecule has 0 bridgehead atoms. The Kier molecular flexibility index (Phi) is 8.33. The lowest BCUT2D eigenvalue weighted by Crippen LogP contribution is -2.36. The Bertz CT molecular complexity index is 785. The van der Waals surface area contributed by atoms with Gasteiger partial charge in [-0.25, -0.2) is 0 Å². The molecule has 0 fully saturated rings. The van der Waals surface area contributed by atoms with E-state index in [0.29, 0.717) is 25.7 Å². The second-order valence-corrected chi connectivity index (χ2v) is 5.68. The lowest BCUT2D eigenvalue weighted by atomic mass is 10.2. The number of aliphatic imine (C=N–C) groups is 1. The summed E-state index contributed by atoms with van der Waals surface area (Å²) in [5.41, 5.74) is 1.84. The molecule has 0 spiro atoms. The number of nitrogens with one attached hydrogen (secondary N) is 2. The van der Waals surface area contributed by atoms with Gasteiger partial charge < -0.3 is 24.8 Å². The van der Waals surface area contributed by atoms with E-state index in [9.17, 15) is 8.78 Å². The first-order valence-corrected chi connectivity index (χ1v) is 8.84. The number of hydrogen-bond donors (Lipinski definition) is 2. The lowest BCUT2D eigenvalue weighted by Gasteiger charge is -2.15. The maximum absolute atomic E-state index is 12.5. The molecule has 0 heterocycles. The van der Waals surface area contributed by atoms with Gasteiger partial charge in [-0.2, -0.15) is 8.78 Å². The Balaban J connectivity index is 1.98. The molecule has 2 rings (SSSR count). The molecule has 2 N–H and O–H groups in total. The minimum absolute atomic E-state index is 0.0132. The van der Waals surface area contributed by atoms with Crippen molar-refractivity contribution in [2.75, 3.05) is 20.8 Å². The summed E-state index contributed by atoms with van der Waals surface area (Å²) in [5, 5.41) is 6.39. The largest absolute Gasteiger partial charge is 0.496 e. The molecule has 0 unspecified atom stereocenters. The lowest BCUT2D eigenvalue weighted by molar-refractivity contribution is -0.0514. The Morgan fingerprint density at radius 2 is 1.79 bits per heavy atom. The van der Waals surface area contributed by atoms with Gasteiger partial charge in [0.25, 0.3) is 0 Å². The molecular weight excluding hydrogens is 368 g/mol. The molecule has 0 atom stereocenters. The highest BCUT2D eigenvalue weighted by molar-refractivity contribution is 5.79. The number of guanidine groups is 1. The number of methoxy groups -OCH3 is 1. The highest BCUT2D eigenvalue weighted by Gasteiger charge is 2.12. The van der Waals surface area contributed by atoms with Crippen LogP contribution < -0.4 is 24.8 Å². The molecule has 0 amide bonds. The normalized spacial score (nSPS) is 11.3. The van der Waals surface area contributed by atoms with Crippen molar-refractivity contribution in [2.45, 2.75) is 26.6 Å². The Morgan fingerprint density at radius 3 is 2.46 bits per heavy atom. The van der Waals surface area contributed by atoms with Crippen molar-refractivity contribution in [3.8, 4) is 17.2 Å². The first kappa shape index (κ1) is 21.3. The molecule has 2 aromatic rings. The number of nitrogens with zero attached hydrogens (tertiary/aromatic N) is 1. The monoisotopic (exact) mass is 393 g/mol. The van der Waals surface area contributed by atoms with Gasteiger partial charge in [0.2, 0.25) is 0 Å². The summed E-state index contributed by atoms with van der Waals surface area (Å²) in [6.07, 6.45) is 0. The molecule has 0 aromatic heterocycles. The summed E-state index contributed by atoms with van der Waals surface area (Å²) in [7, 11) is 3.30. The van der Waals surface area contributed by atoms with Gasteiger partial charge in [-0.15, -0.1) is 0 Å². The molecule has 28 heavy (non-hydrogen) atoms. The molecule has 0 saturated heterocycles. The summed E-state index contributed by atoms with van der Waals surface area (Å²) in [4.78, 5) is 4.19. The van der Waals surface area contributed by atoms with Crippen molar-refractivity contribution in [2.24, 2.45) is 4.99 Å². The van der Waals surface area contributed by atoms with E-state index in [1.165, 1.54) is 6.07 Å². The van der Waals surface area contributed by atoms with Crippen molar-refractivity contribution in [1.29, 1.82) is 0 Å². The van der Waals surface area contributed by atoms with Crippen LogP contribution in [0.25, 0.3) is 0 Å². The topological polar surface area (TPSA) is 64.1 Å². The van der Waals surface area contributed by atoms with E-state index >= 15 is 0 Å². The standard InChI is InChI=1S/C20H25F2N3O3/c1-4-27-18-11-14(9-10-17(18)28-19(21)22)12-24-20(23-2)25-13-15-7-5-6-8-16(15)26-3/h5-11,19H,4,12-13H2,1-3H3,(H2,23,24,25). The molecule has 0 saturated carbocycles. The van der Waals surface area contributed by atoms with Gasteiger partial charge in [0.1, 0.15) is 5.75 Å². The molecule has 0 aliphatic carbocycles. The van der Waals surface area contributed by atoms with Gasteiger partial charge in [-0.1, -0.05) is 24.3 Å². The highest BCUT2D eigenvalue weighted by Crippen LogP contribution is 2.29. The molecular formula is C20H25F2N3O3. The summed E-state index contributed by atoms with van der Waals surface area (Å²) in [6, 6.07) is 12.5. The van der Waals surface area contributed by atoms with Gasteiger partial charge in [0, 0.05) is 25.7 Å². The first-order valence-electron chi connectivity index (χ1n) is 8.84.